The van der Waals surface area contributed by atoms with Gasteiger partial charge in [-0.3, -0.25) is 14.9 Å². The van der Waals surface area contributed by atoms with Gasteiger partial charge in [-0.15, -0.1) is 0 Å². The van der Waals surface area contributed by atoms with E-state index in [0.29, 0.717) is 24.1 Å². The van der Waals surface area contributed by atoms with Crippen LogP contribution in [-0.4, -0.2) is 27.3 Å². The molecule has 0 fully saturated rings. The van der Waals surface area contributed by atoms with E-state index in [4.69, 9.17) is 0 Å². The van der Waals surface area contributed by atoms with Gasteiger partial charge in [0.15, 0.2) is 0 Å². The maximum Gasteiger partial charge on any atom is 0.270 e. The van der Waals surface area contributed by atoms with E-state index in [1.165, 1.54) is 12.1 Å². The molecule has 1 aromatic carbocycles. The average Bonchev–Trinajstić information content (AvgIpc) is 2.91. The molecule has 0 bridgehead atoms. The lowest BCUT2D eigenvalue weighted by Gasteiger charge is -2.05. The number of hydrogen-bond donors (Lipinski definition) is 2. The number of aromatic amines is 1. The molecule has 1 heterocycles. The van der Waals surface area contributed by atoms with E-state index in [1.807, 2.05) is 0 Å². The zero-order valence-electron chi connectivity index (χ0n) is 10.9. The van der Waals surface area contributed by atoms with Crippen molar-refractivity contribution in [3.05, 3.63) is 57.7 Å². The van der Waals surface area contributed by atoms with Crippen molar-refractivity contribution in [1.82, 2.24) is 15.3 Å². The fraction of sp³-hybridized carbons (Fsp3) is 0.231. The second kappa shape index (κ2) is 5.96. The highest BCUT2D eigenvalue weighted by Crippen LogP contribution is 2.16. The molecule has 2 aromatic rings. The van der Waals surface area contributed by atoms with Crippen LogP contribution in [0.4, 0.5) is 5.69 Å². The van der Waals surface area contributed by atoms with Crippen LogP contribution in [0, 0.1) is 17.0 Å². The van der Waals surface area contributed by atoms with Crippen LogP contribution in [-0.2, 0) is 6.42 Å². The van der Waals surface area contributed by atoms with Crippen molar-refractivity contribution >= 4 is 11.6 Å². The molecule has 0 aliphatic rings. The summed E-state index contributed by atoms with van der Waals surface area (Å²) in [7, 11) is 0. The number of amides is 1. The smallest absolute Gasteiger partial charge is 0.270 e. The number of nitrogens with zero attached hydrogens (tertiary/aromatic N) is 2. The Labute approximate surface area is 115 Å². The maximum absolute atomic E-state index is 11.9. The summed E-state index contributed by atoms with van der Waals surface area (Å²) in [6.45, 7) is 2.15. The van der Waals surface area contributed by atoms with Gasteiger partial charge in [-0.05, 0) is 18.6 Å². The molecule has 0 saturated heterocycles. The largest absolute Gasteiger partial charge is 0.352 e. The summed E-state index contributed by atoms with van der Waals surface area (Å²) in [6, 6.07) is 4.33. The van der Waals surface area contributed by atoms with E-state index < -0.39 is 4.92 Å². The second-order valence-electron chi connectivity index (χ2n) is 4.40. The Morgan fingerprint density at radius 2 is 2.25 bits per heavy atom. The SMILES string of the molecule is Cc1cc(C(=O)NCCc2cnc[nH]2)cc([N+](=O)[O-])c1. The Hall–Kier alpha value is -2.70. The Bertz CT molecular complexity index is 623. The molecule has 0 radical (unpaired) electrons. The number of carbonyl (C=O) groups excluding carboxylic acids is 1. The summed E-state index contributed by atoms with van der Waals surface area (Å²) in [6.07, 6.45) is 3.88. The molecule has 0 spiro atoms. The topological polar surface area (TPSA) is 101 Å². The predicted octanol–water partition coefficient (Wildman–Crippen LogP) is 1.60. The zero-order chi connectivity index (χ0) is 14.5. The van der Waals surface area contributed by atoms with Crippen molar-refractivity contribution in [3.63, 3.8) is 0 Å². The average molecular weight is 274 g/mol. The third-order valence-electron chi connectivity index (χ3n) is 2.77. The van der Waals surface area contributed by atoms with Crippen LogP contribution in [0.5, 0.6) is 0 Å². The Kier molecular flexibility index (Phi) is 4.09. The lowest BCUT2D eigenvalue weighted by molar-refractivity contribution is -0.384. The summed E-state index contributed by atoms with van der Waals surface area (Å²) in [5.41, 5.74) is 1.81. The summed E-state index contributed by atoms with van der Waals surface area (Å²) in [5, 5.41) is 13.5. The molecule has 1 aromatic heterocycles. The van der Waals surface area contributed by atoms with Gasteiger partial charge >= 0.3 is 0 Å². The monoisotopic (exact) mass is 274 g/mol. The van der Waals surface area contributed by atoms with E-state index in [0.717, 1.165) is 5.69 Å². The number of aryl methyl sites for hydroxylation is 1. The molecular weight excluding hydrogens is 260 g/mol. The summed E-state index contributed by atoms with van der Waals surface area (Å²) in [4.78, 5) is 29.0. The summed E-state index contributed by atoms with van der Waals surface area (Å²) < 4.78 is 0. The fourth-order valence-corrected chi connectivity index (χ4v) is 1.83. The number of carbonyl (C=O) groups is 1. The predicted molar refractivity (Wildman–Crippen MR) is 72.5 cm³/mol. The molecule has 2 N–H and O–H groups in total. The van der Waals surface area contributed by atoms with Gasteiger partial charge in [0.2, 0.25) is 0 Å². The van der Waals surface area contributed by atoms with Gasteiger partial charge in [-0.25, -0.2) is 4.98 Å². The number of nitro benzene ring substituents is 1. The Morgan fingerprint density at radius 3 is 2.90 bits per heavy atom. The van der Waals surface area contributed by atoms with Gasteiger partial charge < -0.3 is 10.3 Å². The second-order valence-corrected chi connectivity index (χ2v) is 4.40. The first-order valence-electron chi connectivity index (χ1n) is 6.08. The first-order chi connectivity index (χ1) is 9.56. The van der Waals surface area contributed by atoms with Crippen molar-refractivity contribution in [2.24, 2.45) is 0 Å². The molecule has 7 nitrogen and oxygen atoms in total. The number of H-pyrrole nitrogens is 1. The van der Waals surface area contributed by atoms with E-state index >= 15 is 0 Å². The third-order valence-corrected chi connectivity index (χ3v) is 2.77. The van der Waals surface area contributed by atoms with E-state index in [1.54, 1.807) is 25.5 Å². The lowest BCUT2D eigenvalue weighted by atomic mass is 10.1. The number of benzene rings is 1. The van der Waals surface area contributed by atoms with Crippen molar-refractivity contribution in [2.75, 3.05) is 6.54 Å². The van der Waals surface area contributed by atoms with E-state index in [9.17, 15) is 14.9 Å². The number of nitro groups is 1. The van der Waals surface area contributed by atoms with Crippen LogP contribution in [0.3, 0.4) is 0 Å². The highest BCUT2D eigenvalue weighted by atomic mass is 16.6. The summed E-state index contributed by atoms with van der Waals surface area (Å²) >= 11 is 0. The molecule has 0 saturated carbocycles. The third kappa shape index (κ3) is 3.41. The molecule has 0 atom stereocenters. The number of aromatic nitrogens is 2. The first kappa shape index (κ1) is 13.7. The van der Waals surface area contributed by atoms with Crippen LogP contribution in [0.25, 0.3) is 0 Å². The fourth-order valence-electron chi connectivity index (χ4n) is 1.83. The molecule has 20 heavy (non-hydrogen) atoms. The van der Waals surface area contributed by atoms with Crippen LogP contribution in [0.15, 0.2) is 30.7 Å². The highest BCUT2D eigenvalue weighted by Gasteiger charge is 2.12. The van der Waals surface area contributed by atoms with Gasteiger partial charge in [0, 0.05) is 42.6 Å². The lowest BCUT2D eigenvalue weighted by Crippen LogP contribution is -2.25. The number of non-ortho nitro benzene ring substituents is 1. The van der Waals surface area contributed by atoms with Crippen molar-refractivity contribution in [2.45, 2.75) is 13.3 Å². The van der Waals surface area contributed by atoms with E-state index in [-0.39, 0.29) is 11.6 Å². The van der Waals surface area contributed by atoms with Crippen LogP contribution >= 0.6 is 0 Å². The zero-order valence-corrected chi connectivity index (χ0v) is 10.9. The number of rotatable bonds is 5. The molecular formula is C13H14N4O3. The molecule has 7 heteroatoms. The van der Waals surface area contributed by atoms with Crippen molar-refractivity contribution < 1.29 is 9.72 Å². The molecule has 1 amide bonds. The Morgan fingerprint density at radius 1 is 1.45 bits per heavy atom. The highest BCUT2D eigenvalue weighted by molar-refractivity contribution is 5.95. The quantitative estimate of drug-likeness (QED) is 0.638. The minimum Gasteiger partial charge on any atom is -0.352 e. The van der Waals surface area contributed by atoms with Crippen LogP contribution < -0.4 is 5.32 Å². The molecule has 0 unspecified atom stereocenters. The maximum atomic E-state index is 11.9. The minimum atomic E-state index is -0.506. The van der Waals surface area contributed by atoms with Gasteiger partial charge in [0.1, 0.15) is 0 Å². The number of nitrogens with one attached hydrogen (secondary N) is 2. The number of imidazole rings is 1. The molecule has 0 aliphatic carbocycles. The van der Waals surface area contributed by atoms with E-state index in [2.05, 4.69) is 15.3 Å². The first-order valence-corrected chi connectivity index (χ1v) is 6.08. The van der Waals surface area contributed by atoms with Crippen molar-refractivity contribution in [1.29, 1.82) is 0 Å². The van der Waals surface area contributed by atoms with Gasteiger partial charge in [-0.2, -0.15) is 0 Å². The van der Waals surface area contributed by atoms with Gasteiger partial charge in [0.25, 0.3) is 11.6 Å². The molecule has 2 rings (SSSR count). The summed E-state index contributed by atoms with van der Waals surface area (Å²) in [5.74, 6) is -0.323. The van der Waals surface area contributed by atoms with Gasteiger partial charge in [0.05, 0.1) is 11.3 Å². The van der Waals surface area contributed by atoms with Crippen LogP contribution in [0.2, 0.25) is 0 Å². The minimum absolute atomic E-state index is 0.0799. The molecule has 104 valence electrons. The van der Waals surface area contributed by atoms with Gasteiger partial charge in [-0.1, -0.05) is 0 Å². The number of hydrogen-bond acceptors (Lipinski definition) is 4. The van der Waals surface area contributed by atoms with Crippen LogP contribution in [0.1, 0.15) is 21.6 Å². The van der Waals surface area contributed by atoms with Crippen molar-refractivity contribution in [3.8, 4) is 0 Å². The standard InChI is InChI=1S/C13H14N4O3/c1-9-4-10(6-12(5-9)17(19)20)13(18)15-3-2-11-7-14-8-16-11/h4-8H,2-3H2,1H3,(H,14,16)(H,15,18). The Balaban J connectivity index is 2.00. The normalized spacial score (nSPS) is 10.2. The molecule has 0 aliphatic heterocycles.